The van der Waals surface area contributed by atoms with E-state index in [1.165, 1.54) is 0 Å². The highest BCUT2D eigenvalue weighted by Crippen LogP contribution is 2.24. The average molecular weight is 376 g/mol. The molecule has 0 atom stereocenters. The molecule has 0 aliphatic rings. The minimum atomic E-state index is -0.497. The molecule has 0 radical (unpaired) electrons. The van der Waals surface area contributed by atoms with Gasteiger partial charge in [0.2, 0.25) is 0 Å². The van der Waals surface area contributed by atoms with E-state index >= 15 is 0 Å². The van der Waals surface area contributed by atoms with E-state index in [1.54, 1.807) is 4.90 Å². The maximum Gasteiger partial charge on any atom is 0.339 e. The number of carbonyl (C=O) groups is 2. The number of amides is 1. The number of hydrogen-bond acceptors (Lipinski definition) is 4. The first-order chi connectivity index (χ1) is 13.6. The standard InChI is InChI=1S/C23H24N2O3/c1-4-19-16(3)22(18-13-9-10-14-20(18)24-19)23(27)28-15-21(26)25(5-2)17-11-7-6-8-12-17/h6-14H,4-5,15H2,1-3H3. The number of aryl methyl sites for hydroxylation is 1. The Hall–Kier alpha value is -3.21. The summed E-state index contributed by atoms with van der Waals surface area (Å²) in [7, 11) is 0. The summed E-state index contributed by atoms with van der Waals surface area (Å²) in [4.78, 5) is 31.7. The number of hydrogen-bond donors (Lipinski definition) is 0. The molecule has 0 aliphatic carbocycles. The van der Waals surface area contributed by atoms with Crippen molar-refractivity contribution in [2.24, 2.45) is 0 Å². The number of fused-ring (bicyclic) bond motifs is 1. The van der Waals surface area contributed by atoms with Crippen LogP contribution in [0.5, 0.6) is 0 Å². The lowest BCUT2D eigenvalue weighted by Crippen LogP contribution is -2.34. The smallest absolute Gasteiger partial charge is 0.339 e. The molecule has 3 aromatic rings. The molecule has 0 N–H and O–H groups in total. The van der Waals surface area contributed by atoms with Gasteiger partial charge >= 0.3 is 5.97 Å². The lowest BCUT2D eigenvalue weighted by atomic mass is 10.0. The molecule has 1 heterocycles. The molecule has 0 bridgehead atoms. The number of aromatic nitrogens is 1. The molecule has 5 heteroatoms. The highest BCUT2D eigenvalue weighted by molar-refractivity contribution is 6.06. The Labute approximate surface area is 165 Å². The molecule has 1 aromatic heterocycles. The van der Waals surface area contributed by atoms with Gasteiger partial charge in [0.15, 0.2) is 6.61 Å². The highest BCUT2D eigenvalue weighted by Gasteiger charge is 2.21. The van der Waals surface area contributed by atoms with Crippen LogP contribution in [0.25, 0.3) is 10.9 Å². The van der Waals surface area contributed by atoms with Gasteiger partial charge in [-0.25, -0.2) is 4.79 Å². The molecule has 0 unspecified atom stereocenters. The highest BCUT2D eigenvalue weighted by atomic mass is 16.5. The number of nitrogens with zero attached hydrogens (tertiary/aromatic N) is 2. The van der Waals surface area contributed by atoms with Crippen molar-refractivity contribution in [1.29, 1.82) is 0 Å². The molecular weight excluding hydrogens is 352 g/mol. The number of rotatable bonds is 6. The zero-order chi connectivity index (χ0) is 20.1. The predicted molar refractivity (Wildman–Crippen MR) is 111 cm³/mol. The number of carbonyl (C=O) groups excluding carboxylic acids is 2. The van der Waals surface area contributed by atoms with Crippen molar-refractivity contribution in [2.45, 2.75) is 27.2 Å². The summed E-state index contributed by atoms with van der Waals surface area (Å²) in [6.45, 7) is 5.96. The van der Waals surface area contributed by atoms with Crippen molar-refractivity contribution >= 4 is 28.5 Å². The molecule has 0 spiro atoms. The van der Waals surface area contributed by atoms with Crippen molar-refractivity contribution < 1.29 is 14.3 Å². The van der Waals surface area contributed by atoms with Crippen LogP contribution in [0, 0.1) is 6.92 Å². The van der Waals surface area contributed by atoms with Crippen LogP contribution in [-0.4, -0.2) is 30.0 Å². The molecule has 0 aliphatic heterocycles. The zero-order valence-corrected chi connectivity index (χ0v) is 16.4. The summed E-state index contributed by atoms with van der Waals surface area (Å²) in [6.07, 6.45) is 0.716. The topological polar surface area (TPSA) is 59.5 Å². The van der Waals surface area contributed by atoms with Gasteiger partial charge < -0.3 is 9.64 Å². The molecule has 5 nitrogen and oxygen atoms in total. The second-order valence-electron chi connectivity index (χ2n) is 6.48. The van der Waals surface area contributed by atoms with Gasteiger partial charge in [-0.2, -0.15) is 0 Å². The van der Waals surface area contributed by atoms with Gasteiger partial charge in [0.1, 0.15) is 0 Å². The van der Waals surface area contributed by atoms with E-state index in [9.17, 15) is 9.59 Å². The van der Waals surface area contributed by atoms with E-state index in [0.29, 0.717) is 18.5 Å². The molecule has 2 aromatic carbocycles. The van der Waals surface area contributed by atoms with E-state index in [0.717, 1.165) is 27.8 Å². The van der Waals surface area contributed by atoms with Crippen LogP contribution < -0.4 is 4.90 Å². The molecular formula is C23H24N2O3. The Morgan fingerprint density at radius 1 is 1.00 bits per heavy atom. The minimum Gasteiger partial charge on any atom is -0.452 e. The second kappa shape index (κ2) is 8.65. The predicted octanol–water partition coefficient (Wildman–Crippen LogP) is 4.32. The second-order valence-corrected chi connectivity index (χ2v) is 6.48. The SMILES string of the molecule is CCc1nc2ccccc2c(C(=O)OCC(=O)N(CC)c2ccccc2)c1C. The number of benzene rings is 2. The van der Waals surface area contributed by atoms with E-state index in [4.69, 9.17) is 4.74 Å². The number of anilines is 1. The van der Waals surface area contributed by atoms with Crippen LogP contribution in [0.3, 0.4) is 0 Å². The molecule has 144 valence electrons. The van der Waals surface area contributed by atoms with Gasteiger partial charge in [-0.3, -0.25) is 9.78 Å². The normalized spacial score (nSPS) is 10.7. The first kappa shape index (κ1) is 19.5. The maximum atomic E-state index is 12.9. The van der Waals surface area contributed by atoms with Gasteiger partial charge in [-0.15, -0.1) is 0 Å². The van der Waals surface area contributed by atoms with Crippen LogP contribution in [-0.2, 0) is 16.0 Å². The fourth-order valence-electron chi connectivity index (χ4n) is 3.35. The van der Waals surface area contributed by atoms with Crippen LogP contribution in [0.4, 0.5) is 5.69 Å². The Bertz CT molecular complexity index is 999. The number of likely N-dealkylation sites (N-methyl/N-ethyl adjacent to an activating group) is 1. The van der Waals surface area contributed by atoms with Gasteiger partial charge in [0, 0.05) is 23.3 Å². The van der Waals surface area contributed by atoms with Crippen LogP contribution in [0.15, 0.2) is 54.6 Å². The van der Waals surface area contributed by atoms with Gasteiger partial charge in [0.25, 0.3) is 5.91 Å². The summed E-state index contributed by atoms with van der Waals surface area (Å²) < 4.78 is 5.42. The Morgan fingerprint density at radius 3 is 2.36 bits per heavy atom. The number of para-hydroxylation sites is 2. The average Bonchev–Trinajstić information content (AvgIpc) is 2.73. The van der Waals surface area contributed by atoms with Gasteiger partial charge in [0.05, 0.1) is 11.1 Å². The van der Waals surface area contributed by atoms with E-state index in [-0.39, 0.29) is 12.5 Å². The van der Waals surface area contributed by atoms with E-state index in [2.05, 4.69) is 4.98 Å². The summed E-state index contributed by atoms with van der Waals surface area (Å²) in [6, 6.07) is 16.8. The third-order valence-electron chi connectivity index (χ3n) is 4.79. The molecule has 3 rings (SSSR count). The molecule has 0 fully saturated rings. The van der Waals surface area contributed by atoms with Crippen molar-refractivity contribution in [2.75, 3.05) is 18.1 Å². The lowest BCUT2D eigenvalue weighted by molar-refractivity contribution is -0.121. The minimum absolute atomic E-state index is 0.256. The first-order valence-corrected chi connectivity index (χ1v) is 9.47. The fourth-order valence-corrected chi connectivity index (χ4v) is 3.35. The first-order valence-electron chi connectivity index (χ1n) is 9.47. The van der Waals surface area contributed by atoms with Crippen molar-refractivity contribution in [3.05, 3.63) is 71.4 Å². The summed E-state index contributed by atoms with van der Waals surface area (Å²) in [5.41, 5.74) is 3.68. The number of pyridine rings is 1. The van der Waals surface area contributed by atoms with E-state index in [1.807, 2.05) is 75.4 Å². The molecule has 0 saturated carbocycles. The quantitative estimate of drug-likeness (QED) is 0.601. The maximum absolute atomic E-state index is 12.9. The lowest BCUT2D eigenvalue weighted by Gasteiger charge is -2.21. The third-order valence-corrected chi connectivity index (χ3v) is 4.79. The zero-order valence-electron chi connectivity index (χ0n) is 16.4. The largest absolute Gasteiger partial charge is 0.452 e. The van der Waals surface area contributed by atoms with Crippen LogP contribution in [0.1, 0.15) is 35.5 Å². The van der Waals surface area contributed by atoms with Crippen molar-refractivity contribution in [1.82, 2.24) is 4.98 Å². The summed E-state index contributed by atoms with van der Waals surface area (Å²) in [5, 5.41) is 0.741. The van der Waals surface area contributed by atoms with E-state index < -0.39 is 5.97 Å². The molecule has 0 saturated heterocycles. The number of ether oxygens (including phenoxy) is 1. The van der Waals surface area contributed by atoms with Crippen LogP contribution in [0.2, 0.25) is 0 Å². The fraction of sp³-hybridized carbons (Fsp3) is 0.261. The van der Waals surface area contributed by atoms with Gasteiger partial charge in [-0.1, -0.05) is 43.3 Å². The Morgan fingerprint density at radius 2 is 1.68 bits per heavy atom. The number of esters is 1. The van der Waals surface area contributed by atoms with Gasteiger partial charge in [-0.05, 0) is 44.0 Å². The third kappa shape index (κ3) is 3.88. The van der Waals surface area contributed by atoms with Crippen molar-refractivity contribution in [3.8, 4) is 0 Å². The Balaban J connectivity index is 1.84. The van der Waals surface area contributed by atoms with Crippen LogP contribution >= 0.6 is 0 Å². The monoisotopic (exact) mass is 376 g/mol. The summed E-state index contributed by atoms with van der Waals surface area (Å²) in [5.74, 6) is -0.753. The van der Waals surface area contributed by atoms with Crippen molar-refractivity contribution in [3.63, 3.8) is 0 Å². The molecule has 28 heavy (non-hydrogen) atoms. The summed E-state index contributed by atoms with van der Waals surface area (Å²) >= 11 is 0. The Kier molecular flexibility index (Phi) is 6.04. The molecule has 1 amide bonds.